The summed E-state index contributed by atoms with van der Waals surface area (Å²) in [6.07, 6.45) is 4.34. The maximum atomic E-state index is 5.99. The van der Waals surface area contributed by atoms with Crippen molar-refractivity contribution in [2.24, 2.45) is 5.92 Å². The first-order valence-electron chi connectivity index (χ1n) is 5.50. The quantitative estimate of drug-likeness (QED) is 0.755. The third kappa shape index (κ3) is 1.98. The second kappa shape index (κ2) is 3.95. The molecular weight excluding hydrogens is 222 g/mol. The van der Waals surface area contributed by atoms with Gasteiger partial charge in [0.2, 0.25) is 0 Å². The largest absolute Gasteiger partial charge is 0.493 e. The first-order chi connectivity index (χ1) is 7.83. The van der Waals surface area contributed by atoms with E-state index in [1.807, 2.05) is 24.3 Å². The van der Waals surface area contributed by atoms with Crippen molar-refractivity contribution >= 4 is 22.4 Å². The molecule has 1 aliphatic rings. The van der Waals surface area contributed by atoms with E-state index in [4.69, 9.17) is 16.3 Å². The molecule has 0 atom stereocenters. The van der Waals surface area contributed by atoms with Gasteiger partial charge < -0.3 is 4.74 Å². The maximum Gasteiger partial charge on any atom is 0.136 e. The predicted octanol–water partition coefficient (Wildman–Crippen LogP) is 3.68. The summed E-state index contributed by atoms with van der Waals surface area (Å²) in [5.74, 6) is 1.69. The van der Waals surface area contributed by atoms with Crippen LogP contribution in [-0.4, -0.2) is 11.6 Å². The molecule has 0 spiro atoms. The monoisotopic (exact) mass is 233 g/mol. The molecule has 3 rings (SSSR count). The minimum absolute atomic E-state index is 0.547. The van der Waals surface area contributed by atoms with Gasteiger partial charge >= 0.3 is 0 Å². The molecule has 0 unspecified atom stereocenters. The molecule has 1 fully saturated rings. The van der Waals surface area contributed by atoms with Crippen molar-refractivity contribution in [3.63, 3.8) is 0 Å². The highest BCUT2D eigenvalue weighted by molar-refractivity contribution is 6.34. The number of fused-ring (bicyclic) bond motifs is 1. The second-order valence-corrected chi connectivity index (χ2v) is 4.60. The number of nitrogens with zero attached hydrogens (tertiary/aromatic N) is 1. The molecule has 2 nitrogen and oxygen atoms in total. The summed E-state index contributed by atoms with van der Waals surface area (Å²) in [6, 6.07) is 7.89. The van der Waals surface area contributed by atoms with Gasteiger partial charge in [-0.3, -0.25) is 0 Å². The summed E-state index contributed by atoms with van der Waals surface area (Å²) in [5.41, 5.74) is 0. The van der Waals surface area contributed by atoms with Gasteiger partial charge in [-0.15, -0.1) is 0 Å². The van der Waals surface area contributed by atoms with Crippen LogP contribution in [0.3, 0.4) is 0 Å². The van der Waals surface area contributed by atoms with Crippen molar-refractivity contribution in [1.29, 1.82) is 0 Å². The number of rotatable bonds is 3. The summed E-state index contributed by atoms with van der Waals surface area (Å²) in [7, 11) is 0. The van der Waals surface area contributed by atoms with Crippen molar-refractivity contribution in [2.45, 2.75) is 12.8 Å². The molecule has 0 N–H and O–H groups in total. The van der Waals surface area contributed by atoms with Crippen LogP contribution < -0.4 is 4.74 Å². The number of hydrogen-bond donors (Lipinski definition) is 0. The lowest BCUT2D eigenvalue weighted by Gasteiger charge is -2.06. The molecule has 2 aromatic rings. The third-order valence-corrected chi connectivity index (χ3v) is 3.17. The van der Waals surface area contributed by atoms with Gasteiger partial charge in [0.1, 0.15) is 10.9 Å². The molecule has 0 aliphatic heterocycles. The lowest BCUT2D eigenvalue weighted by Crippen LogP contribution is -1.98. The van der Waals surface area contributed by atoms with Gasteiger partial charge in [-0.05, 0) is 48.4 Å². The zero-order valence-corrected chi connectivity index (χ0v) is 9.57. The molecule has 0 saturated heterocycles. The summed E-state index contributed by atoms with van der Waals surface area (Å²) < 4.78 is 5.71. The van der Waals surface area contributed by atoms with E-state index in [0.29, 0.717) is 5.15 Å². The Hall–Kier alpha value is -1.28. The normalized spacial score (nSPS) is 15.3. The topological polar surface area (TPSA) is 22.1 Å². The van der Waals surface area contributed by atoms with Crippen LogP contribution in [0.15, 0.2) is 30.5 Å². The van der Waals surface area contributed by atoms with Crippen molar-refractivity contribution < 1.29 is 4.74 Å². The Morgan fingerprint density at radius 2 is 2.19 bits per heavy atom. The van der Waals surface area contributed by atoms with E-state index >= 15 is 0 Å². The van der Waals surface area contributed by atoms with E-state index in [1.54, 1.807) is 6.20 Å². The van der Waals surface area contributed by atoms with Crippen molar-refractivity contribution in [2.75, 3.05) is 6.61 Å². The smallest absolute Gasteiger partial charge is 0.136 e. The lowest BCUT2D eigenvalue weighted by atomic mass is 10.2. The molecule has 82 valence electrons. The van der Waals surface area contributed by atoms with Gasteiger partial charge in [-0.2, -0.15) is 0 Å². The molecule has 1 aromatic carbocycles. The van der Waals surface area contributed by atoms with Gasteiger partial charge in [0.05, 0.1) is 6.61 Å². The first-order valence-corrected chi connectivity index (χ1v) is 5.88. The first kappa shape index (κ1) is 9.91. The Bertz CT molecular complexity index is 522. The Kier molecular flexibility index (Phi) is 2.44. The Labute approximate surface area is 99.2 Å². The van der Waals surface area contributed by atoms with E-state index in [9.17, 15) is 0 Å². The number of benzene rings is 1. The maximum absolute atomic E-state index is 5.99. The Morgan fingerprint density at radius 1 is 1.31 bits per heavy atom. The zero-order chi connectivity index (χ0) is 11.0. The fraction of sp³-hybridized carbons (Fsp3) is 0.308. The number of hydrogen-bond acceptors (Lipinski definition) is 2. The van der Waals surface area contributed by atoms with Crippen LogP contribution in [0, 0.1) is 5.92 Å². The predicted molar refractivity (Wildman–Crippen MR) is 65.0 cm³/mol. The second-order valence-electron chi connectivity index (χ2n) is 4.24. The van der Waals surface area contributed by atoms with Crippen molar-refractivity contribution in [3.8, 4) is 5.75 Å². The molecule has 3 heteroatoms. The van der Waals surface area contributed by atoms with E-state index in [0.717, 1.165) is 29.0 Å². The summed E-state index contributed by atoms with van der Waals surface area (Å²) in [4.78, 5) is 4.05. The molecule has 0 amide bonds. The third-order valence-electron chi connectivity index (χ3n) is 2.87. The molecule has 16 heavy (non-hydrogen) atoms. The fourth-order valence-corrected chi connectivity index (χ4v) is 1.94. The highest BCUT2D eigenvalue weighted by Gasteiger charge is 2.21. The molecule has 1 heterocycles. The van der Waals surface area contributed by atoms with Crippen LogP contribution in [-0.2, 0) is 0 Å². The number of pyridine rings is 1. The minimum atomic E-state index is 0.547. The summed E-state index contributed by atoms with van der Waals surface area (Å²) in [5, 5.41) is 2.60. The van der Waals surface area contributed by atoms with E-state index in [2.05, 4.69) is 4.98 Å². The average Bonchev–Trinajstić information content (AvgIpc) is 3.10. The zero-order valence-electron chi connectivity index (χ0n) is 8.82. The molecule has 0 radical (unpaired) electrons. The van der Waals surface area contributed by atoms with E-state index in [1.165, 1.54) is 12.8 Å². The van der Waals surface area contributed by atoms with Crippen LogP contribution in [0.25, 0.3) is 10.8 Å². The Balaban J connectivity index is 1.89. The van der Waals surface area contributed by atoms with Crippen LogP contribution in [0.1, 0.15) is 12.8 Å². The standard InChI is InChI=1S/C13H12ClNO/c14-13-12-4-3-11(16-8-9-1-2-9)7-10(12)5-6-15-13/h3-7,9H,1-2,8H2. The van der Waals surface area contributed by atoms with E-state index in [-0.39, 0.29) is 0 Å². The van der Waals surface area contributed by atoms with Crippen molar-refractivity contribution in [1.82, 2.24) is 4.98 Å². The number of aromatic nitrogens is 1. The number of halogens is 1. The highest BCUT2D eigenvalue weighted by Crippen LogP contribution is 2.30. The Morgan fingerprint density at radius 3 is 3.00 bits per heavy atom. The van der Waals surface area contributed by atoms with Crippen LogP contribution >= 0.6 is 11.6 Å². The van der Waals surface area contributed by atoms with Crippen LogP contribution in [0.4, 0.5) is 0 Å². The molecule has 1 aliphatic carbocycles. The highest BCUT2D eigenvalue weighted by atomic mass is 35.5. The van der Waals surface area contributed by atoms with Gasteiger partial charge in [0.25, 0.3) is 0 Å². The van der Waals surface area contributed by atoms with Crippen LogP contribution in [0.2, 0.25) is 5.15 Å². The molecular formula is C13H12ClNO. The van der Waals surface area contributed by atoms with Crippen molar-refractivity contribution in [3.05, 3.63) is 35.6 Å². The number of ether oxygens (including phenoxy) is 1. The summed E-state index contributed by atoms with van der Waals surface area (Å²) >= 11 is 5.99. The van der Waals surface area contributed by atoms with Gasteiger partial charge in [0.15, 0.2) is 0 Å². The molecule has 1 aromatic heterocycles. The van der Waals surface area contributed by atoms with Gasteiger partial charge in [-0.25, -0.2) is 4.98 Å². The van der Waals surface area contributed by atoms with Crippen LogP contribution in [0.5, 0.6) is 5.75 Å². The SMILES string of the molecule is Clc1nccc2cc(OCC3CC3)ccc12. The molecule has 0 bridgehead atoms. The van der Waals surface area contributed by atoms with Gasteiger partial charge in [-0.1, -0.05) is 11.6 Å². The fourth-order valence-electron chi connectivity index (χ4n) is 1.71. The summed E-state index contributed by atoms with van der Waals surface area (Å²) in [6.45, 7) is 0.838. The lowest BCUT2D eigenvalue weighted by molar-refractivity contribution is 0.300. The van der Waals surface area contributed by atoms with E-state index < -0.39 is 0 Å². The average molecular weight is 234 g/mol. The van der Waals surface area contributed by atoms with Gasteiger partial charge in [0, 0.05) is 11.6 Å². The molecule has 1 saturated carbocycles. The minimum Gasteiger partial charge on any atom is -0.493 e.